The fraction of sp³-hybridized carbons (Fsp3) is 0.647. The smallest absolute Gasteiger partial charge is 0.122 e. The fourth-order valence-corrected chi connectivity index (χ4v) is 1.92. The average Bonchev–Trinajstić information content (AvgIpc) is 2.41. The minimum absolute atomic E-state index is 0.232. The number of nitrogens with one attached hydrogen (secondary N) is 1. The van der Waals surface area contributed by atoms with E-state index in [1.54, 1.807) is 7.11 Å². The molecule has 0 bridgehead atoms. The van der Waals surface area contributed by atoms with Crippen molar-refractivity contribution >= 4 is 0 Å². The first kappa shape index (κ1) is 16.8. The highest BCUT2D eigenvalue weighted by molar-refractivity contribution is 5.32. The summed E-state index contributed by atoms with van der Waals surface area (Å²) in [5.41, 5.74) is 0.232. The van der Waals surface area contributed by atoms with Gasteiger partial charge in [0.1, 0.15) is 11.5 Å². The number of hydrogen-bond donors (Lipinski definition) is 1. The van der Waals surface area contributed by atoms with Gasteiger partial charge in [0.2, 0.25) is 0 Å². The molecule has 0 spiro atoms. The number of benzene rings is 1. The van der Waals surface area contributed by atoms with E-state index in [9.17, 15) is 0 Å². The third kappa shape index (κ3) is 8.05. The molecule has 1 rings (SSSR count). The van der Waals surface area contributed by atoms with Crippen LogP contribution in [0.25, 0.3) is 0 Å². The van der Waals surface area contributed by atoms with E-state index in [1.807, 2.05) is 24.3 Å². The number of rotatable bonds is 9. The predicted octanol–water partition coefficient (Wildman–Crippen LogP) is 4.02. The number of hydrogen-bond acceptors (Lipinski definition) is 3. The van der Waals surface area contributed by atoms with Crippen molar-refractivity contribution in [3.8, 4) is 11.5 Å². The van der Waals surface area contributed by atoms with Crippen molar-refractivity contribution in [2.45, 2.75) is 52.0 Å². The molecule has 3 heteroatoms. The first-order valence-electron chi connectivity index (χ1n) is 7.53. The average molecular weight is 279 g/mol. The Hall–Kier alpha value is -1.22. The van der Waals surface area contributed by atoms with E-state index in [2.05, 4.69) is 26.1 Å². The molecule has 1 aromatic carbocycles. The minimum atomic E-state index is 0.232. The lowest BCUT2D eigenvalue weighted by Gasteiger charge is -2.20. The van der Waals surface area contributed by atoms with E-state index in [4.69, 9.17) is 9.47 Å². The third-order valence-corrected chi connectivity index (χ3v) is 3.04. The molecule has 0 fully saturated rings. The Morgan fingerprint density at radius 2 is 1.70 bits per heavy atom. The highest BCUT2D eigenvalue weighted by Gasteiger charge is 2.06. The van der Waals surface area contributed by atoms with Gasteiger partial charge in [-0.25, -0.2) is 0 Å². The molecule has 0 saturated carbocycles. The Morgan fingerprint density at radius 3 is 2.40 bits per heavy atom. The molecule has 0 aliphatic carbocycles. The Bertz CT molecular complexity index is 371. The lowest BCUT2D eigenvalue weighted by atomic mass is 10.1. The Balaban J connectivity index is 2.02. The van der Waals surface area contributed by atoms with E-state index in [0.29, 0.717) is 0 Å². The summed E-state index contributed by atoms with van der Waals surface area (Å²) in [6.07, 6.45) is 4.81. The number of methoxy groups -OCH3 is 1. The largest absolute Gasteiger partial charge is 0.497 e. The van der Waals surface area contributed by atoms with Crippen molar-refractivity contribution in [2.24, 2.45) is 0 Å². The van der Waals surface area contributed by atoms with Crippen molar-refractivity contribution in [3.05, 3.63) is 24.3 Å². The van der Waals surface area contributed by atoms with Crippen LogP contribution in [0.2, 0.25) is 0 Å². The first-order valence-corrected chi connectivity index (χ1v) is 7.53. The van der Waals surface area contributed by atoms with Crippen LogP contribution in [-0.4, -0.2) is 25.8 Å². The highest BCUT2D eigenvalue weighted by Crippen LogP contribution is 2.19. The molecule has 0 aliphatic rings. The van der Waals surface area contributed by atoms with Gasteiger partial charge in [-0.05, 0) is 52.3 Å². The second kappa shape index (κ2) is 8.85. The van der Waals surface area contributed by atoms with Gasteiger partial charge in [-0.15, -0.1) is 0 Å². The van der Waals surface area contributed by atoms with Crippen LogP contribution in [0.3, 0.4) is 0 Å². The van der Waals surface area contributed by atoms with Gasteiger partial charge >= 0.3 is 0 Å². The highest BCUT2D eigenvalue weighted by atomic mass is 16.5. The van der Waals surface area contributed by atoms with Crippen LogP contribution in [0.1, 0.15) is 46.5 Å². The van der Waals surface area contributed by atoms with Gasteiger partial charge in [-0.3, -0.25) is 0 Å². The van der Waals surface area contributed by atoms with Crippen LogP contribution >= 0.6 is 0 Å². The van der Waals surface area contributed by atoms with Gasteiger partial charge in [-0.2, -0.15) is 0 Å². The van der Waals surface area contributed by atoms with Crippen LogP contribution in [0, 0.1) is 0 Å². The Morgan fingerprint density at radius 1 is 1.00 bits per heavy atom. The summed E-state index contributed by atoms with van der Waals surface area (Å²) in [4.78, 5) is 0. The van der Waals surface area contributed by atoms with Crippen LogP contribution in [0.15, 0.2) is 24.3 Å². The first-order chi connectivity index (χ1) is 9.51. The molecule has 0 heterocycles. The van der Waals surface area contributed by atoms with Crippen LogP contribution in [0.4, 0.5) is 0 Å². The van der Waals surface area contributed by atoms with Gasteiger partial charge < -0.3 is 14.8 Å². The topological polar surface area (TPSA) is 30.5 Å². The van der Waals surface area contributed by atoms with Crippen molar-refractivity contribution in [1.29, 1.82) is 0 Å². The molecule has 0 saturated heterocycles. The summed E-state index contributed by atoms with van der Waals surface area (Å²) in [5, 5.41) is 3.51. The Labute approximate surface area is 123 Å². The van der Waals surface area contributed by atoms with E-state index in [0.717, 1.165) is 31.1 Å². The second-order valence-electron chi connectivity index (χ2n) is 6.12. The van der Waals surface area contributed by atoms with Gasteiger partial charge in [0.25, 0.3) is 0 Å². The summed E-state index contributed by atoms with van der Waals surface area (Å²) in [6, 6.07) is 7.77. The van der Waals surface area contributed by atoms with E-state index >= 15 is 0 Å². The normalized spacial score (nSPS) is 11.4. The molecule has 3 nitrogen and oxygen atoms in total. The zero-order valence-electron chi connectivity index (χ0n) is 13.4. The van der Waals surface area contributed by atoms with Gasteiger partial charge in [-0.1, -0.05) is 18.9 Å². The maximum atomic E-state index is 5.71. The fourth-order valence-electron chi connectivity index (χ4n) is 1.92. The zero-order chi connectivity index (χ0) is 14.8. The van der Waals surface area contributed by atoms with Gasteiger partial charge in [0, 0.05) is 11.6 Å². The SMILES string of the molecule is COc1cccc(OCCCCCCNC(C)(C)C)c1. The molecule has 0 amide bonds. The molecule has 1 aromatic rings. The van der Waals surface area contributed by atoms with E-state index in [1.165, 1.54) is 19.3 Å². The molecular weight excluding hydrogens is 250 g/mol. The quantitative estimate of drug-likeness (QED) is 0.692. The van der Waals surface area contributed by atoms with Crippen LogP contribution in [-0.2, 0) is 0 Å². The molecule has 0 radical (unpaired) electrons. The second-order valence-corrected chi connectivity index (χ2v) is 6.12. The van der Waals surface area contributed by atoms with Crippen molar-refractivity contribution < 1.29 is 9.47 Å². The summed E-state index contributed by atoms with van der Waals surface area (Å²) < 4.78 is 10.9. The minimum Gasteiger partial charge on any atom is -0.497 e. The molecule has 0 atom stereocenters. The monoisotopic (exact) mass is 279 g/mol. The Kier molecular flexibility index (Phi) is 7.45. The van der Waals surface area contributed by atoms with Crippen molar-refractivity contribution in [1.82, 2.24) is 5.32 Å². The maximum Gasteiger partial charge on any atom is 0.122 e. The van der Waals surface area contributed by atoms with Crippen molar-refractivity contribution in [3.63, 3.8) is 0 Å². The summed E-state index contributed by atoms with van der Waals surface area (Å²) in [6.45, 7) is 8.49. The standard InChI is InChI=1S/C17H29NO2/c1-17(2,3)18-12-7-5-6-8-13-20-16-11-9-10-15(14-16)19-4/h9-11,14,18H,5-8,12-13H2,1-4H3. The van der Waals surface area contributed by atoms with Crippen LogP contribution < -0.4 is 14.8 Å². The summed E-state index contributed by atoms with van der Waals surface area (Å²) in [5.74, 6) is 1.73. The van der Waals surface area contributed by atoms with Gasteiger partial charge in [0.05, 0.1) is 13.7 Å². The summed E-state index contributed by atoms with van der Waals surface area (Å²) >= 11 is 0. The number of unbranched alkanes of at least 4 members (excludes halogenated alkanes) is 3. The lowest BCUT2D eigenvalue weighted by molar-refractivity contribution is 0.301. The van der Waals surface area contributed by atoms with Crippen molar-refractivity contribution in [2.75, 3.05) is 20.3 Å². The predicted molar refractivity (Wildman–Crippen MR) is 84.7 cm³/mol. The van der Waals surface area contributed by atoms with Crippen LogP contribution in [0.5, 0.6) is 11.5 Å². The lowest BCUT2D eigenvalue weighted by Crippen LogP contribution is -2.36. The molecule has 1 N–H and O–H groups in total. The third-order valence-electron chi connectivity index (χ3n) is 3.04. The molecular formula is C17H29NO2. The molecule has 0 unspecified atom stereocenters. The van der Waals surface area contributed by atoms with Gasteiger partial charge in [0.15, 0.2) is 0 Å². The molecule has 114 valence electrons. The number of ether oxygens (including phenoxy) is 2. The van der Waals surface area contributed by atoms with E-state index < -0.39 is 0 Å². The van der Waals surface area contributed by atoms with E-state index in [-0.39, 0.29) is 5.54 Å². The summed E-state index contributed by atoms with van der Waals surface area (Å²) in [7, 11) is 1.67. The maximum absolute atomic E-state index is 5.71. The molecule has 0 aromatic heterocycles. The zero-order valence-corrected chi connectivity index (χ0v) is 13.4. The molecule has 0 aliphatic heterocycles. The molecule has 20 heavy (non-hydrogen) atoms.